The molecule has 2 heterocycles. The fourth-order valence-corrected chi connectivity index (χ4v) is 3.60. The minimum Gasteiger partial charge on any atom is -0.497 e. The number of hydrogen-bond donors (Lipinski definition) is 0. The van der Waals surface area contributed by atoms with Crippen LogP contribution in [0.3, 0.4) is 0 Å². The summed E-state index contributed by atoms with van der Waals surface area (Å²) in [6.45, 7) is 3.39. The molecule has 0 atom stereocenters. The summed E-state index contributed by atoms with van der Waals surface area (Å²) in [6, 6.07) is 18.0. The van der Waals surface area contributed by atoms with E-state index in [4.69, 9.17) is 4.74 Å². The van der Waals surface area contributed by atoms with E-state index < -0.39 is 11.9 Å². The Bertz CT molecular complexity index is 1020. The molecule has 1 fully saturated rings. The maximum Gasteiger partial charge on any atom is 0.433 e. The van der Waals surface area contributed by atoms with Gasteiger partial charge in [0.15, 0.2) is 5.69 Å². The van der Waals surface area contributed by atoms with Crippen molar-refractivity contribution in [2.75, 3.05) is 38.2 Å². The first-order valence-electron chi connectivity index (χ1n) is 10.0. The van der Waals surface area contributed by atoms with Crippen LogP contribution in [0.25, 0.3) is 11.3 Å². The van der Waals surface area contributed by atoms with Gasteiger partial charge in [-0.3, -0.25) is 4.90 Å². The van der Waals surface area contributed by atoms with E-state index in [0.717, 1.165) is 25.7 Å². The van der Waals surface area contributed by atoms with Gasteiger partial charge in [0.1, 0.15) is 5.75 Å². The fraction of sp³-hybridized carbons (Fsp3) is 0.304. The number of hydrogen-bond acceptors (Lipinski definition) is 5. The van der Waals surface area contributed by atoms with Crippen molar-refractivity contribution >= 4 is 5.95 Å². The Kier molecular flexibility index (Phi) is 6.08. The maximum atomic E-state index is 13.5. The highest BCUT2D eigenvalue weighted by Crippen LogP contribution is 2.32. The van der Waals surface area contributed by atoms with Gasteiger partial charge in [-0.1, -0.05) is 42.5 Å². The zero-order valence-electron chi connectivity index (χ0n) is 17.1. The molecule has 1 aromatic heterocycles. The molecule has 0 N–H and O–H groups in total. The molecule has 0 unspecified atom stereocenters. The summed E-state index contributed by atoms with van der Waals surface area (Å²) >= 11 is 0. The molecule has 3 aromatic rings. The zero-order chi connectivity index (χ0) is 21.8. The van der Waals surface area contributed by atoms with Crippen LogP contribution in [0, 0.1) is 0 Å². The van der Waals surface area contributed by atoms with Crippen molar-refractivity contribution in [3.8, 4) is 17.0 Å². The normalized spacial score (nSPS) is 15.2. The summed E-state index contributed by atoms with van der Waals surface area (Å²) in [6.07, 6.45) is -4.56. The smallest absolute Gasteiger partial charge is 0.433 e. The van der Waals surface area contributed by atoms with E-state index >= 15 is 0 Å². The molecule has 8 heteroatoms. The van der Waals surface area contributed by atoms with Crippen molar-refractivity contribution in [1.29, 1.82) is 0 Å². The second-order valence-electron chi connectivity index (χ2n) is 7.42. The molecule has 0 spiro atoms. The number of aromatic nitrogens is 2. The molecule has 31 heavy (non-hydrogen) atoms. The molecule has 162 valence electrons. The lowest BCUT2D eigenvalue weighted by atomic mass is 10.1. The molecule has 0 amide bonds. The first-order chi connectivity index (χ1) is 14.9. The Morgan fingerprint density at radius 2 is 1.65 bits per heavy atom. The molecule has 0 bridgehead atoms. The van der Waals surface area contributed by atoms with E-state index in [-0.39, 0.29) is 11.6 Å². The average Bonchev–Trinajstić information content (AvgIpc) is 2.79. The lowest BCUT2D eigenvalue weighted by Crippen LogP contribution is -2.46. The van der Waals surface area contributed by atoms with Crippen molar-refractivity contribution in [2.45, 2.75) is 12.7 Å². The van der Waals surface area contributed by atoms with Crippen LogP contribution in [0.2, 0.25) is 0 Å². The van der Waals surface area contributed by atoms with Gasteiger partial charge in [0, 0.05) is 38.3 Å². The van der Waals surface area contributed by atoms with Crippen LogP contribution in [0.4, 0.5) is 19.1 Å². The van der Waals surface area contributed by atoms with Gasteiger partial charge in [0.25, 0.3) is 0 Å². The average molecular weight is 428 g/mol. The number of nitrogens with zero attached hydrogens (tertiary/aromatic N) is 4. The Labute approximate surface area is 179 Å². The van der Waals surface area contributed by atoms with Gasteiger partial charge in [-0.15, -0.1) is 0 Å². The van der Waals surface area contributed by atoms with E-state index in [0.29, 0.717) is 24.4 Å². The van der Waals surface area contributed by atoms with Crippen LogP contribution in [-0.2, 0) is 12.7 Å². The highest BCUT2D eigenvalue weighted by molar-refractivity contribution is 5.63. The molecule has 0 aliphatic carbocycles. The van der Waals surface area contributed by atoms with Gasteiger partial charge in [-0.2, -0.15) is 13.2 Å². The van der Waals surface area contributed by atoms with Gasteiger partial charge in [-0.25, -0.2) is 9.97 Å². The second kappa shape index (κ2) is 8.93. The monoisotopic (exact) mass is 428 g/mol. The van der Waals surface area contributed by atoms with Gasteiger partial charge in [0.05, 0.1) is 12.8 Å². The molecule has 1 saturated heterocycles. The van der Waals surface area contributed by atoms with Crippen molar-refractivity contribution in [3.05, 3.63) is 71.9 Å². The summed E-state index contributed by atoms with van der Waals surface area (Å²) in [5.41, 5.74) is 1.05. The first-order valence-corrected chi connectivity index (χ1v) is 10.0. The number of benzene rings is 2. The summed E-state index contributed by atoms with van der Waals surface area (Å²) in [4.78, 5) is 12.4. The van der Waals surface area contributed by atoms with Crippen molar-refractivity contribution in [1.82, 2.24) is 14.9 Å². The van der Waals surface area contributed by atoms with Crippen LogP contribution >= 0.6 is 0 Å². The Morgan fingerprint density at radius 3 is 2.32 bits per heavy atom. The zero-order valence-corrected chi connectivity index (χ0v) is 17.1. The van der Waals surface area contributed by atoms with Crippen LogP contribution in [-0.4, -0.2) is 48.2 Å². The largest absolute Gasteiger partial charge is 0.497 e. The van der Waals surface area contributed by atoms with Gasteiger partial charge in [0.2, 0.25) is 5.95 Å². The summed E-state index contributed by atoms with van der Waals surface area (Å²) < 4.78 is 45.8. The Hall–Kier alpha value is -3.13. The van der Waals surface area contributed by atoms with Crippen molar-refractivity contribution < 1.29 is 17.9 Å². The maximum absolute atomic E-state index is 13.5. The summed E-state index contributed by atoms with van der Waals surface area (Å²) in [5, 5.41) is 0. The van der Waals surface area contributed by atoms with E-state index in [2.05, 4.69) is 27.0 Å². The van der Waals surface area contributed by atoms with Gasteiger partial charge < -0.3 is 9.64 Å². The van der Waals surface area contributed by atoms with Crippen LogP contribution in [0.15, 0.2) is 60.7 Å². The lowest BCUT2D eigenvalue weighted by molar-refractivity contribution is -0.141. The highest BCUT2D eigenvalue weighted by Gasteiger charge is 2.34. The predicted molar refractivity (Wildman–Crippen MR) is 113 cm³/mol. The molecule has 1 aliphatic heterocycles. The molecule has 0 radical (unpaired) electrons. The standard InChI is InChI=1S/C23H23F3N4O/c1-31-19-9-5-8-18(14-19)20-15-21(23(24,25)26)28-22(27-20)30-12-10-29(11-13-30)16-17-6-3-2-4-7-17/h2-9,14-15H,10-13,16H2,1H3. The SMILES string of the molecule is COc1cccc(-c2cc(C(F)(F)F)nc(N3CCN(Cc4ccccc4)CC3)n2)c1. The van der Waals surface area contributed by atoms with Crippen LogP contribution in [0.1, 0.15) is 11.3 Å². The number of rotatable bonds is 5. The second-order valence-corrected chi connectivity index (χ2v) is 7.42. The molecule has 1 aliphatic rings. The van der Waals surface area contributed by atoms with E-state index in [9.17, 15) is 13.2 Å². The summed E-state index contributed by atoms with van der Waals surface area (Å²) in [5.74, 6) is 0.660. The quantitative estimate of drug-likeness (QED) is 0.599. The third kappa shape index (κ3) is 5.14. The van der Waals surface area contributed by atoms with Gasteiger partial charge >= 0.3 is 6.18 Å². The first kappa shape index (κ1) is 21.1. The Morgan fingerprint density at radius 1 is 0.903 bits per heavy atom. The van der Waals surface area contributed by atoms with E-state index in [1.165, 1.54) is 12.7 Å². The molecule has 2 aromatic carbocycles. The van der Waals surface area contributed by atoms with E-state index in [1.807, 2.05) is 23.1 Å². The van der Waals surface area contributed by atoms with Gasteiger partial charge in [-0.05, 0) is 23.8 Å². The number of ether oxygens (including phenoxy) is 1. The van der Waals surface area contributed by atoms with Crippen molar-refractivity contribution in [3.63, 3.8) is 0 Å². The molecule has 0 saturated carbocycles. The van der Waals surface area contributed by atoms with Crippen LogP contribution in [0.5, 0.6) is 5.75 Å². The molecular formula is C23H23F3N4O. The lowest BCUT2D eigenvalue weighted by Gasteiger charge is -2.35. The number of methoxy groups -OCH3 is 1. The number of halogens is 3. The topological polar surface area (TPSA) is 41.5 Å². The fourth-order valence-electron chi connectivity index (χ4n) is 3.60. The number of piperazine rings is 1. The minimum absolute atomic E-state index is 0.104. The highest BCUT2D eigenvalue weighted by atomic mass is 19.4. The molecular weight excluding hydrogens is 405 g/mol. The molecule has 5 nitrogen and oxygen atoms in total. The van der Waals surface area contributed by atoms with E-state index in [1.54, 1.807) is 24.3 Å². The molecule has 4 rings (SSSR count). The minimum atomic E-state index is -4.56. The third-order valence-corrected chi connectivity index (χ3v) is 5.27. The Balaban J connectivity index is 1.56. The summed E-state index contributed by atoms with van der Waals surface area (Å²) in [7, 11) is 1.51. The predicted octanol–water partition coefficient (Wildman–Crippen LogP) is 4.49. The third-order valence-electron chi connectivity index (χ3n) is 5.27. The number of anilines is 1. The van der Waals surface area contributed by atoms with Crippen LogP contribution < -0.4 is 9.64 Å². The number of alkyl halides is 3. The van der Waals surface area contributed by atoms with Crippen molar-refractivity contribution in [2.24, 2.45) is 0 Å².